The van der Waals surface area contributed by atoms with Crippen molar-refractivity contribution >= 4 is 15.9 Å². The van der Waals surface area contributed by atoms with Crippen LogP contribution < -0.4 is 10.3 Å². The largest absolute Gasteiger partial charge is 0.492 e. The fourth-order valence-corrected chi connectivity index (χ4v) is 2.19. The van der Waals surface area contributed by atoms with Crippen molar-refractivity contribution < 1.29 is 4.74 Å². The fourth-order valence-electron chi connectivity index (χ4n) is 1.82. The summed E-state index contributed by atoms with van der Waals surface area (Å²) in [6.45, 7) is 7.04. The molecule has 1 aromatic carbocycles. The third-order valence-electron chi connectivity index (χ3n) is 3.00. The van der Waals surface area contributed by atoms with E-state index in [4.69, 9.17) is 4.74 Å². The summed E-state index contributed by atoms with van der Waals surface area (Å²) in [5.74, 6) is 0.768. The van der Waals surface area contributed by atoms with E-state index in [9.17, 15) is 4.79 Å². The van der Waals surface area contributed by atoms with Crippen LogP contribution in [0.15, 0.2) is 45.7 Å². The van der Waals surface area contributed by atoms with Crippen molar-refractivity contribution in [2.45, 2.75) is 32.7 Å². The van der Waals surface area contributed by atoms with Crippen LogP contribution in [0.1, 0.15) is 26.5 Å². The van der Waals surface area contributed by atoms with Gasteiger partial charge in [-0.2, -0.15) is 5.10 Å². The van der Waals surface area contributed by atoms with Gasteiger partial charge in [-0.15, -0.1) is 0 Å². The van der Waals surface area contributed by atoms with Crippen molar-refractivity contribution in [2.75, 3.05) is 6.61 Å². The van der Waals surface area contributed by atoms with Crippen molar-refractivity contribution in [1.82, 2.24) is 9.78 Å². The maximum absolute atomic E-state index is 11.8. The zero-order chi connectivity index (χ0) is 15.5. The number of hydrogen-bond donors (Lipinski definition) is 0. The summed E-state index contributed by atoms with van der Waals surface area (Å²) >= 11 is 3.39. The van der Waals surface area contributed by atoms with E-state index < -0.39 is 0 Å². The van der Waals surface area contributed by atoms with Crippen LogP contribution in [0, 0.1) is 0 Å². The number of ether oxygens (including phenoxy) is 1. The minimum Gasteiger partial charge on any atom is -0.492 e. The number of benzene rings is 1. The van der Waals surface area contributed by atoms with Crippen molar-refractivity contribution in [1.29, 1.82) is 0 Å². The zero-order valence-electron chi connectivity index (χ0n) is 12.5. The number of nitrogens with zero attached hydrogens (tertiary/aromatic N) is 2. The Hall–Kier alpha value is -1.62. The molecule has 0 N–H and O–H groups in total. The Balaban J connectivity index is 2.05. The number of halogens is 1. The van der Waals surface area contributed by atoms with Gasteiger partial charge in [0.2, 0.25) is 0 Å². The summed E-state index contributed by atoms with van der Waals surface area (Å²) in [7, 11) is 0. The standard InChI is InChI=1S/C16H19BrN2O2/c1-16(2,3)14-7-8-15(20)19(18-14)9-10-21-13-6-4-5-12(17)11-13/h4-8,11H,9-10H2,1-3H3. The number of rotatable bonds is 4. The van der Waals surface area contributed by atoms with Crippen LogP contribution in [0.3, 0.4) is 0 Å². The summed E-state index contributed by atoms with van der Waals surface area (Å²) in [5, 5.41) is 4.41. The first-order valence-corrected chi connectivity index (χ1v) is 7.62. The first-order chi connectivity index (χ1) is 9.86. The third kappa shape index (κ3) is 4.43. The van der Waals surface area contributed by atoms with E-state index in [0.717, 1.165) is 15.9 Å². The SMILES string of the molecule is CC(C)(C)c1ccc(=O)n(CCOc2cccc(Br)c2)n1. The Labute approximate surface area is 132 Å². The normalized spacial score (nSPS) is 11.4. The van der Waals surface area contributed by atoms with Gasteiger partial charge in [-0.05, 0) is 24.3 Å². The second-order valence-corrected chi connectivity index (χ2v) is 6.75. The van der Waals surface area contributed by atoms with Crippen LogP contribution in [0.2, 0.25) is 0 Å². The van der Waals surface area contributed by atoms with Crippen molar-refractivity contribution in [3.05, 3.63) is 56.9 Å². The van der Waals surface area contributed by atoms with Gasteiger partial charge in [-0.3, -0.25) is 4.79 Å². The molecule has 0 aliphatic rings. The lowest BCUT2D eigenvalue weighted by Gasteiger charge is -2.18. The van der Waals surface area contributed by atoms with Gasteiger partial charge in [0.15, 0.2) is 0 Å². The second kappa shape index (κ2) is 6.43. The third-order valence-corrected chi connectivity index (χ3v) is 3.50. The molecule has 0 radical (unpaired) electrons. The molecule has 0 spiro atoms. The van der Waals surface area contributed by atoms with Gasteiger partial charge in [0.1, 0.15) is 12.4 Å². The van der Waals surface area contributed by atoms with E-state index in [1.807, 2.05) is 24.3 Å². The number of hydrogen-bond acceptors (Lipinski definition) is 3. The molecule has 0 aliphatic heterocycles. The molecule has 112 valence electrons. The Morgan fingerprint density at radius 1 is 1.24 bits per heavy atom. The average Bonchev–Trinajstić information content (AvgIpc) is 2.39. The minimum absolute atomic E-state index is 0.0827. The van der Waals surface area contributed by atoms with Gasteiger partial charge < -0.3 is 4.74 Å². The first-order valence-electron chi connectivity index (χ1n) is 6.83. The van der Waals surface area contributed by atoms with Crippen molar-refractivity contribution in [3.63, 3.8) is 0 Å². The molecule has 0 saturated heterocycles. The molecule has 0 aliphatic carbocycles. The van der Waals surface area contributed by atoms with E-state index >= 15 is 0 Å². The Kier molecular flexibility index (Phi) is 4.83. The van der Waals surface area contributed by atoms with Gasteiger partial charge in [-0.25, -0.2) is 4.68 Å². The summed E-state index contributed by atoms with van der Waals surface area (Å²) < 4.78 is 8.06. The van der Waals surface area contributed by atoms with E-state index in [1.54, 1.807) is 12.1 Å². The molecule has 1 heterocycles. The minimum atomic E-state index is -0.110. The molecule has 0 amide bonds. The highest BCUT2D eigenvalue weighted by atomic mass is 79.9. The fraction of sp³-hybridized carbons (Fsp3) is 0.375. The van der Waals surface area contributed by atoms with Crippen molar-refractivity contribution in [2.24, 2.45) is 0 Å². The molecule has 1 aromatic heterocycles. The molecule has 5 heteroatoms. The monoisotopic (exact) mass is 350 g/mol. The van der Waals surface area contributed by atoms with Crippen LogP contribution in [0.4, 0.5) is 0 Å². The highest BCUT2D eigenvalue weighted by Gasteiger charge is 2.16. The zero-order valence-corrected chi connectivity index (χ0v) is 14.1. The highest BCUT2D eigenvalue weighted by molar-refractivity contribution is 9.10. The van der Waals surface area contributed by atoms with Crippen LogP contribution in [0.25, 0.3) is 0 Å². The molecule has 0 saturated carbocycles. The molecule has 0 unspecified atom stereocenters. The van der Waals surface area contributed by atoms with Gasteiger partial charge in [0, 0.05) is 16.0 Å². The lowest BCUT2D eigenvalue weighted by molar-refractivity contribution is 0.285. The van der Waals surface area contributed by atoms with E-state index in [1.165, 1.54) is 4.68 Å². The van der Waals surface area contributed by atoms with Gasteiger partial charge in [0.25, 0.3) is 5.56 Å². The predicted octanol–water partition coefficient (Wildman–Crippen LogP) is 3.38. The summed E-state index contributed by atoms with van der Waals surface area (Å²) in [6.07, 6.45) is 0. The summed E-state index contributed by atoms with van der Waals surface area (Å²) in [4.78, 5) is 11.8. The van der Waals surface area contributed by atoms with Gasteiger partial charge in [-0.1, -0.05) is 42.8 Å². The number of aromatic nitrogens is 2. The lowest BCUT2D eigenvalue weighted by atomic mass is 9.92. The predicted molar refractivity (Wildman–Crippen MR) is 86.8 cm³/mol. The lowest BCUT2D eigenvalue weighted by Crippen LogP contribution is -2.28. The quantitative estimate of drug-likeness (QED) is 0.848. The molecular weight excluding hydrogens is 332 g/mol. The summed E-state index contributed by atoms with van der Waals surface area (Å²) in [5.41, 5.74) is 0.700. The first kappa shape index (κ1) is 15.8. The van der Waals surface area contributed by atoms with Crippen molar-refractivity contribution in [3.8, 4) is 5.75 Å². The van der Waals surface area contributed by atoms with Gasteiger partial charge >= 0.3 is 0 Å². The van der Waals surface area contributed by atoms with E-state index in [-0.39, 0.29) is 11.0 Å². The maximum Gasteiger partial charge on any atom is 0.266 e. The molecular formula is C16H19BrN2O2. The van der Waals surface area contributed by atoms with Gasteiger partial charge in [0.05, 0.1) is 12.2 Å². The van der Waals surface area contributed by atoms with E-state index in [0.29, 0.717) is 13.2 Å². The Morgan fingerprint density at radius 2 is 2.00 bits per heavy atom. The highest BCUT2D eigenvalue weighted by Crippen LogP contribution is 2.19. The van der Waals surface area contributed by atoms with Crippen LogP contribution in [0.5, 0.6) is 5.75 Å². The molecule has 0 atom stereocenters. The van der Waals surface area contributed by atoms with Crippen LogP contribution in [-0.4, -0.2) is 16.4 Å². The molecule has 21 heavy (non-hydrogen) atoms. The van der Waals surface area contributed by atoms with Crippen LogP contribution in [-0.2, 0) is 12.0 Å². The molecule has 0 fully saturated rings. The Bertz CT molecular complexity index is 674. The molecule has 2 rings (SSSR count). The van der Waals surface area contributed by atoms with Crippen LogP contribution >= 0.6 is 15.9 Å². The Morgan fingerprint density at radius 3 is 2.67 bits per heavy atom. The summed E-state index contributed by atoms with van der Waals surface area (Å²) in [6, 6.07) is 11.0. The molecule has 4 nitrogen and oxygen atoms in total. The average molecular weight is 351 g/mol. The molecule has 2 aromatic rings. The van der Waals surface area contributed by atoms with E-state index in [2.05, 4.69) is 41.8 Å². The molecule has 0 bridgehead atoms. The second-order valence-electron chi connectivity index (χ2n) is 5.84. The maximum atomic E-state index is 11.8. The topological polar surface area (TPSA) is 44.1 Å². The smallest absolute Gasteiger partial charge is 0.266 e.